The second-order valence-electron chi connectivity index (χ2n) is 7.19. The summed E-state index contributed by atoms with van der Waals surface area (Å²) in [6, 6.07) is 7.26. The molecule has 1 aliphatic heterocycles. The van der Waals surface area contributed by atoms with E-state index in [0.717, 1.165) is 24.8 Å². The summed E-state index contributed by atoms with van der Waals surface area (Å²) in [6.07, 6.45) is 3.50. The van der Waals surface area contributed by atoms with Gasteiger partial charge >= 0.3 is 5.97 Å². The maximum atomic E-state index is 13.1. The van der Waals surface area contributed by atoms with Gasteiger partial charge < -0.3 is 14.7 Å². The molecule has 1 saturated carbocycles. The van der Waals surface area contributed by atoms with Gasteiger partial charge in [-0.05, 0) is 37.0 Å². The summed E-state index contributed by atoms with van der Waals surface area (Å²) < 4.78 is 5.17. The molecule has 6 heteroatoms. The van der Waals surface area contributed by atoms with Gasteiger partial charge in [-0.25, -0.2) is 0 Å². The lowest BCUT2D eigenvalue weighted by Crippen LogP contribution is -2.48. The molecular formula is C19H24ClNO4. The van der Waals surface area contributed by atoms with E-state index in [-0.39, 0.29) is 23.8 Å². The van der Waals surface area contributed by atoms with E-state index in [9.17, 15) is 14.7 Å². The van der Waals surface area contributed by atoms with Crippen LogP contribution in [0.1, 0.15) is 37.2 Å². The third-order valence-corrected chi connectivity index (χ3v) is 6.02. The number of nitrogens with zero attached hydrogens (tertiary/aromatic N) is 1. The van der Waals surface area contributed by atoms with Gasteiger partial charge in [0.1, 0.15) is 0 Å². The zero-order valence-corrected chi connectivity index (χ0v) is 15.2. The van der Waals surface area contributed by atoms with Crippen molar-refractivity contribution < 1.29 is 19.4 Å². The number of halogens is 1. The maximum absolute atomic E-state index is 13.1. The lowest BCUT2D eigenvalue weighted by Gasteiger charge is -2.42. The number of carbonyl (C=O) groups excluding carboxylic acids is 1. The summed E-state index contributed by atoms with van der Waals surface area (Å²) in [6.45, 7) is 1.28. The number of ether oxygens (including phenoxy) is 1. The molecule has 0 radical (unpaired) electrons. The first-order chi connectivity index (χ1) is 12.0. The molecule has 25 heavy (non-hydrogen) atoms. The average Bonchev–Trinajstić information content (AvgIpc) is 3.00. The van der Waals surface area contributed by atoms with Gasteiger partial charge in [-0.2, -0.15) is 0 Å². The molecule has 2 aliphatic rings. The van der Waals surface area contributed by atoms with Crippen LogP contribution >= 0.6 is 11.6 Å². The third-order valence-electron chi connectivity index (χ3n) is 5.77. The molecule has 1 N–H and O–H groups in total. The molecule has 1 aliphatic carbocycles. The molecule has 0 unspecified atom stereocenters. The first kappa shape index (κ1) is 18.2. The van der Waals surface area contributed by atoms with Crippen molar-refractivity contribution in [3.05, 3.63) is 34.9 Å². The number of carbonyl (C=O) groups is 2. The molecule has 1 aromatic carbocycles. The number of benzene rings is 1. The van der Waals surface area contributed by atoms with Gasteiger partial charge in [-0.15, -0.1) is 0 Å². The first-order valence-electron chi connectivity index (χ1n) is 8.73. The molecule has 2 atom stereocenters. The Bertz CT molecular complexity index is 641. The number of hydrogen-bond donors (Lipinski definition) is 1. The number of hydrogen-bond acceptors (Lipinski definition) is 3. The van der Waals surface area contributed by atoms with Crippen LogP contribution in [-0.4, -0.2) is 48.7 Å². The van der Waals surface area contributed by atoms with Crippen molar-refractivity contribution in [1.82, 2.24) is 4.90 Å². The average molecular weight is 366 g/mol. The quantitative estimate of drug-likeness (QED) is 0.840. The molecule has 5 nitrogen and oxygen atoms in total. The van der Waals surface area contributed by atoms with Crippen LogP contribution in [0.4, 0.5) is 0 Å². The van der Waals surface area contributed by atoms with Crippen LogP contribution in [0.15, 0.2) is 24.3 Å². The monoisotopic (exact) mass is 365 g/mol. The molecule has 1 heterocycles. The molecule has 1 aromatic rings. The predicted octanol–water partition coefficient (Wildman–Crippen LogP) is 3.17. The summed E-state index contributed by atoms with van der Waals surface area (Å²) in [5.41, 5.74) is 0.570. The molecule has 1 amide bonds. The minimum absolute atomic E-state index is 0.0958. The van der Waals surface area contributed by atoms with E-state index in [0.29, 0.717) is 24.6 Å². The van der Waals surface area contributed by atoms with Crippen LogP contribution in [0.25, 0.3) is 0 Å². The Morgan fingerprint density at radius 2 is 1.96 bits per heavy atom. The lowest BCUT2D eigenvalue weighted by molar-refractivity contribution is -0.148. The number of methoxy groups -OCH3 is 1. The van der Waals surface area contributed by atoms with Crippen LogP contribution in [0.2, 0.25) is 5.02 Å². The molecule has 1 saturated heterocycles. The molecule has 0 spiro atoms. The van der Waals surface area contributed by atoms with Gasteiger partial charge in [-0.1, -0.05) is 30.2 Å². The summed E-state index contributed by atoms with van der Waals surface area (Å²) in [5, 5.41) is 10.3. The highest BCUT2D eigenvalue weighted by Gasteiger charge is 2.49. The number of likely N-dealkylation sites (tertiary alicyclic amines) is 1. The number of carboxylic acids is 1. The van der Waals surface area contributed by atoms with Crippen molar-refractivity contribution in [1.29, 1.82) is 0 Å². The van der Waals surface area contributed by atoms with E-state index in [1.807, 2.05) is 12.1 Å². The number of rotatable bonds is 6. The minimum Gasteiger partial charge on any atom is -0.481 e. The highest BCUT2D eigenvalue weighted by atomic mass is 35.5. The van der Waals surface area contributed by atoms with Crippen molar-refractivity contribution >= 4 is 23.5 Å². The van der Waals surface area contributed by atoms with E-state index in [1.54, 1.807) is 24.1 Å². The van der Waals surface area contributed by atoms with Crippen LogP contribution in [0, 0.1) is 11.3 Å². The van der Waals surface area contributed by atoms with Gasteiger partial charge in [0.25, 0.3) is 0 Å². The Kier molecular flexibility index (Phi) is 5.35. The fourth-order valence-electron chi connectivity index (χ4n) is 4.07. The smallest absolute Gasteiger partial charge is 0.308 e. The first-order valence-corrected chi connectivity index (χ1v) is 9.11. The fourth-order valence-corrected chi connectivity index (χ4v) is 4.20. The molecule has 0 bridgehead atoms. The Morgan fingerprint density at radius 1 is 1.28 bits per heavy atom. The van der Waals surface area contributed by atoms with Crippen molar-refractivity contribution in [2.24, 2.45) is 11.3 Å². The van der Waals surface area contributed by atoms with E-state index in [4.69, 9.17) is 16.3 Å². The standard InChI is InChI=1S/C19H24ClNO4/c1-25-10-9-19(7-2-8-19)18(24)21-11-15(16(12-21)17(22)23)13-3-5-14(20)6-4-13/h3-6,15-16H,2,7-12H2,1H3,(H,22,23)/t15-,16+/m0/s1. The van der Waals surface area contributed by atoms with E-state index >= 15 is 0 Å². The highest BCUT2D eigenvalue weighted by Crippen LogP contribution is 2.47. The highest BCUT2D eigenvalue weighted by molar-refractivity contribution is 6.30. The fraction of sp³-hybridized carbons (Fsp3) is 0.579. The predicted molar refractivity (Wildman–Crippen MR) is 94.7 cm³/mol. The zero-order valence-electron chi connectivity index (χ0n) is 14.4. The van der Waals surface area contributed by atoms with E-state index in [2.05, 4.69) is 0 Å². The van der Waals surface area contributed by atoms with Crippen LogP contribution in [0.5, 0.6) is 0 Å². The van der Waals surface area contributed by atoms with Gasteiger partial charge in [0, 0.05) is 37.7 Å². The Labute approximate surface area is 152 Å². The molecule has 3 rings (SSSR count). The van der Waals surface area contributed by atoms with Crippen molar-refractivity contribution in [3.8, 4) is 0 Å². The molecule has 0 aromatic heterocycles. The topological polar surface area (TPSA) is 66.8 Å². The van der Waals surface area contributed by atoms with E-state index < -0.39 is 11.9 Å². The Balaban J connectivity index is 1.78. The van der Waals surface area contributed by atoms with Crippen LogP contribution in [0.3, 0.4) is 0 Å². The van der Waals surface area contributed by atoms with Crippen molar-refractivity contribution in [2.75, 3.05) is 26.8 Å². The van der Waals surface area contributed by atoms with Gasteiger partial charge in [0.2, 0.25) is 5.91 Å². The SMILES string of the molecule is COCCC1(C(=O)N2C[C@@H](C(=O)O)[C@H](c3ccc(Cl)cc3)C2)CCC1. The lowest BCUT2D eigenvalue weighted by atomic mass is 9.66. The largest absolute Gasteiger partial charge is 0.481 e. The summed E-state index contributed by atoms with van der Waals surface area (Å²) >= 11 is 5.94. The third kappa shape index (κ3) is 3.53. The normalized spacial score (nSPS) is 24.8. The molecule has 136 valence electrons. The summed E-state index contributed by atoms with van der Waals surface area (Å²) in [4.78, 5) is 26.6. The van der Waals surface area contributed by atoms with Crippen molar-refractivity contribution in [2.45, 2.75) is 31.6 Å². The Morgan fingerprint density at radius 3 is 2.48 bits per heavy atom. The molecule has 2 fully saturated rings. The number of carboxylic acid groups (broad SMARTS) is 1. The van der Waals surface area contributed by atoms with Gasteiger partial charge in [-0.3, -0.25) is 9.59 Å². The summed E-state index contributed by atoms with van der Waals surface area (Å²) in [7, 11) is 1.64. The minimum atomic E-state index is -0.852. The van der Waals surface area contributed by atoms with Crippen LogP contribution < -0.4 is 0 Å². The maximum Gasteiger partial charge on any atom is 0.308 e. The second-order valence-corrected chi connectivity index (χ2v) is 7.63. The van der Waals surface area contributed by atoms with Crippen molar-refractivity contribution in [3.63, 3.8) is 0 Å². The number of amides is 1. The molecular weight excluding hydrogens is 342 g/mol. The van der Waals surface area contributed by atoms with Gasteiger partial charge in [0.05, 0.1) is 11.3 Å². The zero-order chi connectivity index (χ0) is 18.0. The summed E-state index contributed by atoms with van der Waals surface area (Å²) in [5.74, 6) is -1.53. The second kappa shape index (κ2) is 7.34. The van der Waals surface area contributed by atoms with E-state index in [1.165, 1.54) is 0 Å². The number of aliphatic carboxylic acids is 1. The van der Waals surface area contributed by atoms with Crippen LogP contribution in [-0.2, 0) is 14.3 Å². The Hall–Kier alpha value is -1.59. The van der Waals surface area contributed by atoms with Gasteiger partial charge in [0.15, 0.2) is 0 Å².